The third-order valence-electron chi connectivity index (χ3n) is 4.18. The van der Waals surface area contributed by atoms with Crippen LogP contribution in [0.5, 0.6) is 5.75 Å². The van der Waals surface area contributed by atoms with Crippen LogP contribution in [0.1, 0.15) is 83.6 Å². The van der Waals surface area contributed by atoms with E-state index in [1.807, 2.05) is 19.1 Å². The molecule has 0 heterocycles. The number of hydrogen-bond acceptors (Lipinski definition) is 5. The molecule has 0 saturated heterocycles. The molecule has 0 aliphatic heterocycles. The minimum atomic E-state index is -0.743. The molecular weight excluding hydrogens is 334 g/mol. The van der Waals surface area contributed by atoms with Crippen LogP contribution in [0.2, 0.25) is 0 Å². The molecular formula is C20H33NO5. The zero-order valence-corrected chi connectivity index (χ0v) is 16.2. The van der Waals surface area contributed by atoms with Gasteiger partial charge < -0.3 is 15.1 Å². The Hall–Kier alpha value is -2.11. The number of carboxylic acid groups (broad SMARTS) is 1. The van der Waals surface area contributed by atoms with Gasteiger partial charge in [-0.2, -0.15) is 0 Å². The molecule has 1 aromatic carbocycles. The predicted molar refractivity (Wildman–Crippen MR) is 103 cm³/mol. The van der Waals surface area contributed by atoms with Crippen molar-refractivity contribution >= 4 is 5.97 Å². The van der Waals surface area contributed by atoms with E-state index in [1.54, 1.807) is 12.1 Å². The number of carboxylic acids is 1. The van der Waals surface area contributed by atoms with Crippen LogP contribution in [0.15, 0.2) is 29.6 Å². The first-order chi connectivity index (χ1) is 12.4. The zero-order valence-electron chi connectivity index (χ0n) is 16.2. The molecule has 0 amide bonds. The number of hydrogen-bond donors (Lipinski definition) is 2. The van der Waals surface area contributed by atoms with Crippen LogP contribution < -0.4 is 0 Å². The van der Waals surface area contributed by atoms with Gasteiger partial charge in [-0.25, -0.2) is 0 Å². The first kappa shape index (κ1) is 23.9. The van der Waals surface area contributed by atoms with Crippen LogP contribution in [0.4, 0.5) is 0 Å². The van der Waals surface area contributed by atoms with E-state index in [4.69, 9.17) is 10.2 Å². The Balaban J connectivity index is 0.000000508. The largest absolute Gasteiger partial charge is 0.508 e. The molecule has 0 aliphatic rings. The molecule has 26 heavy (non-hydrogen) atoms. The normalized spacial score (nSPS) is 12.4. The maximum atomic E-state index is 10.3. The van der Waals surface area contributed by atoms with Crippen LogP contribution >= 0.6 is 0 Å². The van der Waals surface area contributed by atoms with Gasteiger partial charge in [-0.05, 0) is 56.2 Å². The summed E-state index contributed by atoms with van der Waals surface area (Å²) in [6.45, 7) is 6.11. The third kappa shape index (κ3) is 13.2. The van der Waals surface area contributed by atoms with Gasteiger partial charge in [0.05, 0.1) is 0 Å². The van der Waals surface area contributed by atoms with Gasteiger partial charge in [0.2, 0.25) is 0 Å². The van der Waals surface area contributed by atoms with Crippen molar-refractivity contribution in [1.82, 2.24) is 0 Å². The molecule has 0 saturated carbocycles. The SMILES string of the molecule is CC(CCCC(=O)O)c1ccc(O)cc1.CCCCCCC(C)ON=O. The lowest BCUT2D eigenvalue weighted by molar-refractivity contribution is -0.137. The Bertz CT molecular complexity index is 489. The molecule has 2 unspecified atom stereocenters. The predicted octanol–water partition coefficient (Wildman–Crippen LogP) is 5.79. The van der Waals surface area contributed by atoms with E-state index < -0.39 is 5.97 Å². The molecule has 1 aromatic rings. The first-order valence-electron chi connectivity index (χ1n) is 9.39. The smallest absolute Gasteiger partial charge is 0.303 e. The van der Waals surface area contributed by atoms with E-state index in [-0.39, 0.29) is 18.3 Å². The summed E-state index contributed by atoms with van der Waals surface area (Å²) in [6, 6.07) is 7.06. The molecule has 2 atom stereocenters. The van der Waals surface area contributed by atoms with Crippen LogP contribution in [0, 0.1) is 4.91 Å². The number of carbonyl (C=O) groups is 1. The summed E-state index contributed by atoms with van der Waals surface area (Å²) in [5, 5.41) is 20.0. The highest BCUT2D eigenvalue weighted by molar-refractivity contribution is 5.66. The molecule has 2 N–H and O–H groups in total. The van der Waals surface area contributed by atoms with E-state index in [9.17, 15) is 9.70 Å². The quantitative estimate of drug-likeness (QED) is 0.277. The summed E-state index contributed by atoms with van der Waals surface area (Å²) in [7, 11) is 0. The summed E-state index contributed by atoms with van der Waals surface area (Å²) in [5.41, 5.74) is 1.14. The lowest BCUT2D eigenvalue weighted by Gasteiger charge is -2.10. The van der Waals surface area contributed by atoms with Crippen molar-refractivity contribution in [2.24, 2.45) is 5.34 Å². The molecule has 6 heteroatoms. The summed E-state index contributed by atoms with van der Waals surface area (Å²) in [4.78, 5) is 24.5. The van der Waals surface area contributed by atoms with Crippen LogP contribution in [0.3, 0.4) is 0 Å². The van der Waals surface area contributed by atoms with Gasteiger partial charge in [-0.3, -0.25) is 4.79 Å². The van der Waals surface area contributed by atoms with Gasteiger partial charge in [0.15, 0.2) is 5.34 Å². The number of aromatic hydroxyl groups is 1. The summed E-state index contributed by atoms with van der Waals surface area (Å²) < 4.78 is 0. The van der Waals surface area contributed by atoms with Crippen LogP contribution in [-0.2, 0) is 9.63 Å². The van der Waals surface area contributed by atoms with E-state index in [0.717, 1.165) is 24.8 Å². The minimum absolute atomic E-state index is 0.00986. The number of phenols is 1. The highest BCUT2D eigenvalue weighted by Gasteiger charge is 2.06. The second-order valence-corrected chi connectivity index (χ2v) is 6.62. The van der Waals surface area contributed by atoms with Crippen molar-refractivity contribution in [3.63, 3.8) is 0 Å². The Morgan fingerprint density at radius 1 is 1.08 bits per heavy atom. The zero-order chi connectivity index (χ0) is 19.8. The first-order valence-corrected chi connectivity index (χ1v) is 9.39. The van der Waals surface area contributed by atoms with Crippen LogP contribution in [-0.4, -0.2) is 22.3 Å². The Kier molecular flexibility index (Phi) is 13.9. The summed E-state index contributed by atoms with van der Waals surface area (Å²) >= 11 is 0. The lowest BCUT2D eigenvalue weighted by atomic mass is 9.95. The van der Waals surface area contributed by atoms with E-state index in [0.29, 0.717) is 12.3 Å². The lowest BCUT2D eigenvalue weighted by Crippen LogP contribution is -2.02. The van der Waals surface area contributed by atoms with Gasteiger partial charge >= 0.3 is 5.97 Å². The fourth-order valence-electron chi connectivity index (χ4n) is 2.51. The number of benzene rings is 1. The highest BCUT2D eigenvalue weighted by Crippen LogP contribution is 2.23. The van der Waals surface area contributed by atoms with E-state index in [2.05, 4.69) is 24.0 Å². The molecule has 0 radical (unpaired) electrons. The molecule has 6 nitrogen and oxygen atoms in total. The van der Waals surface area contributed by atoms with Gasteiger partial charge in [0.25, 0.3) is 0 Å². The molecule has 0 aromatic heterocycles. The van der Waals surface area contributed by atoms with Crippen molar-refractivity contribution in [3.05, 3.63) is 34.7 Å². The van der Waals surface area contributed by atoms with Crippen molar-refractivity contribution < 1.29 is 19.8 Å². The topological polar surface area (TPSA) is 96.2 Å². The molecule has 0 bridgehead atoms. The Morgan fingerprint density at radius 2 is 1.73 bits per heavy atom. The second-order valence-electron chi connectivity index (χ2n) is 6.62. The van der Waals surface area contributed by atoms with Crippen molar-refractivity contribution in [3.8, 4) is 5.75 Å². The molecule has 0 spiro atoms. The van der Waals surface area contributed by atoms with Crippen molar-refractivity contribution in [2.45, 2.75) is 84.2 Å². The average Bonchev–Trinajstić information content (AvgIpc) is 2.60. The molecule has 148 valence electrons. The third-order valence-corrected chi connectivity index (χ3v) is 4.18. The van der Waals surface area contributed by atoms with Crippen molar-refractivity contribution in [1.29, 1.82) is 0 Å². The summed E-state index contributed by atoms with van der Waals surface area (Å²) in [5.74, 6) is -0.144. The number of rotatable bonds is 12. The van der Waals surface area contributed by atoms with E-state index >= 15 is 0 Å². The Morgan fingerprint density at radius 3 is 2.27 bits per heavy atom. The second kappa shape index (κ2) is 15.2. The van der Waals surface area contributed by atoms with Gasteiger partial charge in [0, 0.05) is 6.42 Å². The fourth-order valence-corrected chi connectivity index (χ4v) is 2.51. The summed E-state index contributed by atoms with van der Waals surface area (Å²) in [6.07, 6.45) is 7.56. The number of phenolic OH excluding ortho intramolecular Hbond substituents is 1. The number of nitrogens with zero attached hydrogens (tertiary/aromatic N) is 1. The maximum absolute atomic E-state index is 10.3. The molecule has 0 aliphatic carbocycles. The van der Waals surface area contributed by atoms with Crippen LogP contribution in [0.25, 0.3) is 0 Å². The van der Waals surface area contributed by atoms with E-state index in [1.165, 1.54) is 19.3 Å². The number of aliphatic carboxylic acids is 1. The highest BCUT2D eigenvalue weighted by atomic mass is 16.7. The molecule has 0 fully saturated rings. The monoisotopic (exact) mass is 367 g/mol. The van der Waals surface area contributed by atoms with Gasteiger partial charge in [-0.15, -0.1) is 4.91 Å². The van der Waals surface area contributed by atoms with Gasteiger partial charge in [-0.1, -0.05) is 45.2 Å². The fraction of sp³-hybridized carbons (Fsp3) is 0.650. The standard InChI is InChI=1S/C12H16O3.C8H17NO2/c1-9(3-2-4-12(14)15)10-5-7-11(13)8-6-10;1-3-4-5-6-7-8(2)11-9-10/h5-9,13H,2-4H2,1H3,(H,14,15);8H,3-7H2,1-2H3. The Labute approximate surface area is 156 Å². The average molecular weight is 367 g/mol. The minimum Gasteiger partial charge on any atom is -0.508 e. The van der Waals surface area contributed by atoms with Crippen molar-refractivity contribution in [2.75, 3.05) is 0 Å². The number of unbranched alkanes of at least 4 members (excludes halogenated alkanes) is 3. The van der Waals surface area contributed by atoms with Gasteiger partial charge in [0.1, 0.15) is 11.9 Å². The molecule has 1 rings (SSSR count). The maximum Gasteiger partial charge on any atom is 0.303 e.